The number of rotatable bonds is 5. The van der Waals surface area contributed by atoms with Crippen molar-refractivity contribution < 1.29 is 17.9 Å². The van der Waals surface area contributed by atoms with E-state index in [-0.39, 0.29) is 21.8 Å². The quantitative estimate of drug-likeness (QED) is 0.646. The Kier molecular flexibility index (Phi) is 3.78. The van der Waals surface area contributed by atoms with Crippen molar-refractivity contribution in [3.63, 3.8) is 0 Å². The van der Waals surface area contributed by atoms with E-state index >= 15 is 0 Å². The molecule has 3 N–H and O–H groups in total. The molecule has 9 heteroatoms. The number of H-pyrrole nitrogens is 1. The predicted octanol–water partition coefficient (Wildman–Crippen LogP) is 3.12. The molecule has 1 saturated carbocycles. The normalized spacial score (nSPS) is 15.0. The van der Waals surface area contributed by atoms with Crippen molar-refractivity contribution in [3.05, 3.63) is 36.3 Å². The Morgan fingerprint density at radius 1 is 1.35 bits per heavy atom. The third-order valence-corrected chi connectivity index (χ3v) is 4.36. The highest BCUT2D eigenvalue weighted by Gasteiger charge is 2.50. The van der Waals surface area contributed by atoms with Crippen molar-refractivity contribution >= 4 is 22.8 Å². The van der Waals surface area contributed by atoms with Gasteiger partial charge >= 0.3 is 0 Å². The van der Waals surface area contributed by atoms with Crippen molar-refractivity contribution in [1.82, 2.24) is 25.3 Å². The van der Waals surface area contributed by atoms with Gasteiger partial charge in [-0.3, -0.25) is 4.79 Å². The zero-order valence-corrected chi connectivity index (χ0v) is 13.9. The van der Waals surface area contributed by atoms with Gasteiger partial charge in [-0.05, 0) is 25.8 Å². The van der Waals surface area contributed by atoms with E-state index in [0.717, 1.165) is 12.4 Å². The number of likely N-dealkylation sites (N-methyl/N-ethyl adjacent to an activating group) is 1. The number of hydrogen-bond donors (Lipinski definition) is 3. The molecule has 1 aliphatic rings. The first-order valence-corrected chi connectivity index (χ1v) is 8.24. The van der Waals surface area contributed by atoms with E-state index in [1.807, 2.05) is 6.92 Å². The zero-order valence-electron chi connectivity index (χ0n) is 13.9. The summed E-state index contributed by atoms with van der Waals surface area (Å²) in [4.78, 5) is 27.2. The molecule has 0 bridgehead atoms. The number of carbonyl (C=O) groups excluding carboxylic acids is 1. The molecule has 140 valence electrons. The summed E-state index contributed by atoms with van der Waals surface area (Å²) in [6, 6.07) is 1.31. The van der Waals surface area contributed by atoms with Crippen LogP contribution in [0.3, 0.4) is 0 Å². The van der Waals surface area contributed by atoms with Gasteiger partial charge in [-0.25, -0.2) is 23.7 Å². The number of fused-ring (bicyclic) bond motifs is 1. The molecular formula is C17H22F2N6O. The number of nitrogens with zero attached hydrogens (tertiary/aromatic N) is 3. The molecule has 0 unspecified atom stereocenters. The number of halogens is 2. The van der Waals surface area contributed by atoms with Crippen LogP contribution in [-0.2, 0) is 4.79 Å². The molecule has 1 aliphatic carbocycles. The van der Waals surface area contributed by atoms with Gasteiger partial charge in [-0.15, -0.1) is 0 Å². The van der Waals surface area contributed by atoms with Crippen LogP contribution in [0.25, 0.3) is 22.4 Å². The van der Waals surface area contributed by atoms with Gasteiger partial charge in [0, 0.05) is 28.0 Å². The van der Waals surface area contributed by atoms with E-state index in [4.69, 9.17) is 0 Å². The van der Waals surface area contributed by atoms with Gasteiger partial charge in [0.05, 0.1) is 12.4 Å². The first kappa shape index (κ1) is 16.4. The Morgan fingerprint density at radius 3 is 2.88 bits per heavy atom. The maximum Gasteiger partial charge on any atom is 0.245 e. The summed E-state index contributed by atoms with van der Waals surface area (Å²) in [6.07, 6.45) is 4.92. The average molecular weight is 364 g/mol. The van der Waals surface area contributed by atoms with Crippen molar-refractivity contribution in [1.29, 1.82) is 0 Å². The predicted molar refractivity (Wildman–Crippen MR) is 97.6 cm³/mol. The largest absolute Gasteiger partial charge is 0.354 e. The summed E-state index contributed by atoms with van der Waals surface area (Å²) in [5.41, 5.74) is 0.138. The minimum absolute atomic E-state index is 0. The fraction of sp³-hybridized carbons (Fsp3) is 0.294. The van der Waals surface area contributed by atoms with Crippen LogP contribution in [0.15, 0.2) is 24.7 Å². The summed E-state index contributed by atoms with van der Waals surface area (Å²) < 4.78 is 27.7. The van der Waals surface area contributed by atoms with E-state index in [1.165, 1.54) is 6.07 Å². The molecule has 7 nitrogen and oxygen atoms in total. The second-order valence-corrected chi connectivity index (χ2v) is 6.21. The number of anilines is 1. The van der Waals surface area contributed by atoms with Gasteiger partial charge in [0.15, 0.2) is 17.5 Å². The summed E-state index contributed by atoms with van der Waals surface area (Å²) in [7, 11) is 0. The van der Waals surface area contributed by atoms with Crippen LogP contribution in [-0.4, -0.2) is 37.9 Å². The monoisotopic (exact) mass is 364 g/mol. The molecule has 3 heterocycles. The van der Waals surface area contributed by atoms with Crippen LogP contribution in [0.4, 0.5) is 14.6 Å². The molecule has 3 aromatic rings. The van der Waals surface area contributed by atoms with E-state index in [1.54, 1.807) is 6.20 Å². The summed E-state index contributed by atoms with van der Waals surface area (Å²) in [5, 5.41) is 6.14. The van der Waals surface area contributed by atoms with E-state index in [2.05, 4.69) is 30.6 Å². The summed E-state index contributed by atoms with van der Waals surface area (Å²) in [6.45, 7) is 2.31. The standard InChI is InChI=1S/C17H16F2N6O.3H2/c1-2-20-16(26)17(3-4-17)25-15-12(19)8-23-14(24-15)11-7-22-13-10(11)5-9(18)6-21-13;;;/h5-8H,2-4H2,1H3,(H,20,26)(H,21,22)(H,23,24,25);3*1H. The highest BCUT2D eigenvalue weighted by molar-refractivity contribution is 5.93. The van der Waals surface area contributed by atoms with Gasteiger partial charge in [-0.2, -0.15) is 0 Å². The molecule has 0 spiro atoms. The van der Waals surface area contributed by atoms with Gasteiger partial charge in [-0.1, -0.05) is 0 Å². The number of aromatic nitrogens is 4. The zero-order chi connectivity index (χ0) is 18.3. The highest BCUT2D eigenvalue weighted by atomic mass is 19.1. The molecular weight excluding hydrogens is 342 g/mol. The molecule has 4 rings (SSSR count). The molecule has 0 atom stereocenters. The fourth-order valence-electron chi connectivity index (χ4n) is 2.84. The van der Waals surface area contributed by atoms with Crippen LogP contribution in [0.2, 0.25) is 0 Å². The summed E-state index contributed by atoms with van der Waals surface area (Å²) >= 11 is 0. The number of aromatic amines is 1. The van der Waals surface area contributed by atoms with E-state index in [0.29, 0.717) is 36.0 Å². The molecule has 0 saturated heterocycles. The third-order valence-electron chi connectivity index (χ3n) is 4.36. The third kappa shape index (κ3) is 2.75. The maximum atomic E-state index is 14.2. The van der Waals surface area contributed by atoms with Gasteiger partial charge in [0.1, 0.15) is 17.0 Å². The topological polar surface area (TPSA) is 95.6 Å². The lowest BCUT2D eigenvalue weighted by atomic mass is 10.2. The lowest BCUT2D eigenvalue weighted by molar-refractivity contribution is -0.122. The number of amides is 1. The van der Waals surface area contributed by atoms with Crippen LogP contribution in [0, 0.1) is 11.6 Å². The minimum Gasteiger partial charge on any atom is -0.354 e. The maximum absolute atomic E-state index is 14.2. The van der Waals surface area contributed by atoms with Crippen molar-refractivity contribution in [2.24, 2.45) is 0 Å². The Bertz CT molecular complexity index is 1010. The van der Waals surface area contributed by atoms with E-state index in [9.17, 15) is 13.6 Å². The Hall–Kier alpha value is -3.10. The molecule has 1 amide bonds. The highest BCUT2D eigenvalue weighted by Crippen LogP contribution is 2.39. The molecule has 0 radical (unpaired) electrons. The fourth-order valence-corrected chi connectivity index (χ4v) is 2.84. The Balaban J connectivity index is 0.00000140. The molecule has 3 aromatic heterocycles. The van der Waals surface area contributed by atoms with Crippen LogP contribution >= 0.6 is 0 Å². The number of nitrogens with one attached hydrogen (secondary N) is 3. The molecule has 1 fully saturated rings. The number of pyridine rings is 1. The smallest absolute Gasteiger partial charge is 0.245 e. The number of hydrogen-bond acceptors (Lipinski definition) is 5. The van der Waals surface area contributed by atoms with Crippen LogP contribution in [0.5, 0.6) is 0 Å². The van der Waals surface area contributed by atoms with Crippen molar-refractivity contribution in [2.45, 2.75) is 25.3 Å². The summed E-state index contributed by atoms with van der Waals surface area (Å²) in [5.74, 6) is -1.19. The molecule has 0 aliphatic heterocycles. The number of carbonyl (C=O) groups is 1. The first-order chi connectivity index (χ1) is 12.5. The van der Waals surface area contributed by atoms with E-state index < -0.39 is 17.2 Å². The van der Waals surface area contributed by atoms with Crippen molar-refractivity contribution in [3.8, 4) is 11.4 Å². The molecule has 0 aromatic carbocycles. The second kappa shape index (κ2) is 6.01. The first-order valence-electron chi connectivity index (χ1n) is 8.24. The SMILES string of the molecule is CCNC(=O)C1(Nc2nc(-c3c[nH]c4ncc(F)cc34)ncc2F)CC1.[HH].[HH].[HH]. The van der Waals surface area contributed by atoms with Gasteiger partial charge in [0.2, 0.25) is 5.91 Å². The van der Waals surface area contributed by atoms with Crippen LogP contribution < -0.4 is 10.6 Å². The second-order valence-electron chi connectivity index (χ2n) is 6.21. The van der Waals surface area contributed by atoms with Crippen LogP contribution in [0.1, 0.15) is 24.0 Å². The lowest BCUT2D eigenvalue weighted by Gasteiger charge is -2.17. The lowest BCUT2D eigenvalue weighted by Crippen LogP contribution is -2.42. The van der Waals surface area contributed by atoms with Crippen molar-refractivity contribution in [2.75, 3.05) is 11.9 Å². The van der Waals surface area contributed by atoms with Gasteiger partial charge < -0.3 is 15.6 Å². The minimum atomic E-state index is -0.837. The Labute approximate surface area is 151 Å². The average Bonchev–Trinajstić information content (AvgIpc) is 3.29. The molecule has 26 heavy (non-hydrogen) atoms. The van der Waals surface area contributed by atoms with Gasteiger partial charge in [0.25, 0.3) is 0 Å². The Morgan fingerprint density at radius 2 is 2.15 bits per heavy atom.